The van der Waals surface area contributed by atoms with Crippen LogP contribution in [0.4, 0.5) is 0 Å². The number of ketones is 1. The standard InChI is InChI=1S/C26H30N2O5/c1-17-3-5-19(6-4-17)22(27-18(2)29)16-25(30)28-11-9-20(10-12-28)26(31)21-7-8-23-24(15-21)33-14-13-32-23/h3-8,15,20,22H,9-14,16H2,1-2H3,(H,27,29)/t22-/m0/s1. The summed E-state index contributed by atoms with van der Waals surface area (Å²) in [6.07, 6.45) is 1.44. The van der Waals surface area contributed by atoms with E-state index < -0.39 is 0 Å². The summed E-state index contributed by atoms with van der Waals surface area (Å²) in [5.41, 5.74) is 2.65. The van der Waals surface area contributed by atoms with Gasteiger partial charge in [-0.3, -0.25) is 14.4 Å². The molecule has 174 valence electrons. The zero-order valence-corrected chi connectivity index (χ0v) is 19.1. The van der Waals surface area contributed by atoms with Gasteiger partial charge in [-0.05, 0) is 43.5 Å². The third-order valence-corrected chi connectivity index (χ3v) is 6.28. The molecule has 2 amide bonds. The third-order valence-electron chi connectivity index (χ3n) is 6.28. The number of Topliss-reactive ketones (excluding diaryl/α,β-unsaturated/α-hetero) is 1. The molecule has 2 heterocycles. The van der Waals surface area contributed by atoms with Crippen LogP contribution in [-0.4, -0.2) is 48.8 Å². The van der Waals surface area contributed by atoms with Gasteiger partial charge in [0.1, 0.15) is 13.2 Å². The molecular weight excluding hydrogens is 420 g/mol. The number of fused-ring (bicyclic) bond motifs is 1. The molecule has 1 atom stereocenters. The van der Waals surface area contributed by atoms with Gasteiger partial charge in [-0.2, -0.15) is 0 Å². The van der Waals surface area contributed by atoms with Crippen LogP contribution in [0.5, 0.6) is 11.5 Å². The molecule has 7 nitrogen and oxygen atoms in total. The van der Waals surface area contributed by atoms with Crippen molar-refractivity contribution in [2.75, 3.05) is 26.3 Å². The predicted molar refractivity (Wildman–Crippen MR) is 123 cm³/mol. The summed E-state index contributed by atoms with van der Waals surface area (Å²) < 4.78 is 11.1. The van der Waals surface area contributed by atoms with Gasteiger partial charge in [0.25, 0.3) is 0 Å². The SMILES string of the molecule is CC(=O)N[C@@H](CC(=O)N1CCC(C(=O)c2ccc3c(c2)OCCO3)CC1)c1ccc(C)cc1. The quantitative estimate of drug-likeness (QED) is 0.682. The number of amides is 2. The molecule has 7 heteroatoms. The van der Waals surface area contributed by atoms with Crippen LogP contribution in [0, 0.1) is 12.8 Å². The van der Waals surface area contributed by atoms with E-state index in [9.17, 15) is 14.4 Å². The molecule has 0 aromatic heterocycles. The number of rotatable bonds is 6. The first kappa shape index (κ1) is 22.8. The molecule has 0 aliphatic carbocycles. The number of benzene rings is 2. The Hall–Kier alpha value is -3.35. The first-order chi connectivity index (χ1) is 15.9. The maximum absolute atomic E-state index is 13.0. The second kappa shape index (κ2) is 10.1. The fourth-order valence-corrected chi connectivity index (χ4v) is 4.42. The number of hydrogen-bond acceptors (Lipinski definition) is 5. The van der Waals surface area contributed by atoms with Gasteiger partial charge in [0.15, 0.2) is 17.3 Å². The van der Waals surface area contributed by atoms with Crippen LogP contribution < -0.4 is 14.8 Å². The Bertz CT molecular complexity index is 1030. The molecule has 0 unspecified atom stereocenters. The maximum atomic E-state index is 13.0. The number of carbonyl (C=O) groups excluding carboxylic acids is 3. The molecule has 2 aliphatic rings. The molecule has 0 saturated carbocycles. The van der Waals surface area contributed by atoms with Crippen molar-refractivity contribution >= 4 is 17.6 Å². The van der Waals surface area contributed by atoms with Crippen molar-refractivity contribution in [3.05, 3.63) is 59.2 Å². The average Bonchev–Trinajstić information content (AvgIpc) is 2.83. The molecule has 1 N–H and O–H groups in total. The van der Waals surface area contributed by atoms with E-state index in [2.05, 4.69) is 5.32 Å². The van der Waals surface area contributed by atoms with Crippen molar-refractivity contribution in [2.45, 2.75) is 39.2 Å². The van der Waals surface area contributed by atoms with E-state index in [0.29, 0.717) is 56.2 Å². The number of hydrogen-bond donors (Lipinski definition) is 1. The molecule has 2 aromatic rings. The van der Waals surface area contributed by atoms with Crippen molar-refractivity contribution < 1.29 is 23.9 Å². The van der Waals surface area contributed by atoms with Gasteiger partial charge in [0, 0.05) is 31.5 Å². The lowest BCUT2D eigenvalue weighted by Gasteiger charge is -2.32. The average molecular weight is 451 g/mol. The normalized spacial score (nSPS) is 16.7. The Balaban J connectivity index is 1.35. The first-order valence-electron chi connectivity index (χ1n) is 11.5. The summed E-state index contributed by atoms with van der Waals surface area (Å²) >= 11 is 0. The van der Waals surface area contributed by atoms with Crippen LogP contribution in [0.1, 0.15) is 53.7 Å². The number of carbonyl (C=O) groups is 3. The minimum absolute atomic E-state index is 0.0143. The van der Waals surface area contributed by atoms with Crippen molar-refractivity contribution in [2.24, 2.45) is 5.92 Å². The monoisotopic (exact) mass is 450 g/mol. The first-order valence-corrected chi connectivity index (χ1v) is 11.5. The summed E-state index contributed by atoms with van der Waals surface area (Å²) in [7, 11) is 0. The van der Waals surface area contributed by atoms with Crippen LogP contribution >= 0.6 is 0 Å². The fraction of sp³-hybridized carbons (Fsp3) is 0.423. The minimum atomic E-state index is -0.368. The number of piperidine rings is 1. The fourth-order valence-electron chi connectivity index (χ4n) is 4.42. The van der Waals surface area contributed by atoms with E-state index >= 15 is 0 Å². The Labute approximate surface area is 194 Å². The Morgan fingerprint density at radius 2 is 1.67 bits per heavy atom. The summed E-state index contributed by atoms with van der Waals surface area (Å²) in [6.45, 7) is 5.51. The van der Waals surface area contributed by atoms with Crippen LogP contribution in [0.25, 0.3) is 0 Å². The molecule has 2 aromatic carbocycles. The lowest BCUT2D eigenvalue weighted by molar-refractivity contribution is -0.133. The van der Waals surface area contributed by atoms with Gasteiger partial charge in [-0.1, -0.05) is 29.8 Å². The predicted octanol–water partition coefficient (Wildman–Crippen LogP) is 3.46. The van der Waals surface area contributed by atoms with Crippen LogP contribution in [0.3, 0.4) is 0 Å². The molecule has 1 fully saturated rings. The zero-order chi connectivity index (χ0) is 23.4. The van der Waals surface area contributed by atoms with Gasteiger partial charge in [-0.25, -0.2) is 0 Å². The number of ether oxygens (including phenoxy) is 2. The highest BCUT2D eigenvalue weighted by atomic mass is 16.6. The van der Waals surface area contributed by atoms with Crippen LogP contribution in [0.15, 0.2) is 42.5 Å². The number of nitrogens with zero attached hydrogens (tertiary/aromatic N) is 1. The van der Waals surface area contributed by atoms with Gasteiger partial charge in [0.05, 0.1) is 12.5 Å². The molecule has 2 aliphatic heterocycles. The lowest BCUT2D eigenvalue weighted by Crippen LogP contribution is -2.42. The number of nitrogens with one attached hydrogen (secondary N) is 1. The maximum Gasteiger partial charge on any atom is 0.224 e. The number of likely N-dealkylation sites (tertiary alicyclic amines) is 1. The van der Waals surface area contributed by atoms with E-state index in [0.717, 1.165) is 11.1 Å². The highest BCUT2D eigenvalue weighted by molar-refractivity contribution is 5.98. The summed E-state index contributed by atoms with van der Waals surface area (Å²) in [5, 5.41) is 2.90. The van der Waals surface area contributed by atoms with E-state index in [4.69, 9.17) is 9.47 Å². The largest absolute Gasteiger partial charge is 0.486 e. The van der Waals surface area contributed by atoms with Crippen molar-refractivity contribution in [3.8, 4) is 11.5 Å². The number of aryl methyl sites for hydroxylation is 1. The van der Waals surface area contributed by atoms with Crippen LogP contribution in [-0.2, 0) is 9.59 Å². The van der Waals surface area contributed by atoms with E-state index in [1.807, 2.05) is 31.2 Å². The van der Waals surface area contributed by atoms with Gasteiger partial charge < -0.3 is 19.7 Å². The Morgan fingerprint density at radius 3 is 2.33 bits per heavy atom. The second-order valence-corrected chi connectivity index (χ2v) is 8.75. The van der Waals surface area contributed by atoms with Crippen LogP contribution in [0.2, 0.25) is 0 Å². The van der Waals surface area contributed by atoms with E-state index in [1.54, 1.807) is 23.1 Å². The smallest absolute Gasteiger partial charge is 0.224 e. The van der Waals surface area contributed by atoms with Crippen molar-refractivity contribution in [1.29, 1.82) is 0 Å². The molecule has 0 bridgehead atoms. The molecule has 1 saturated heterocycles. The van der Waals surface area contributed by atoms with Gasteiger partial charge >= 0.3 is 0 Å². The third kappa shape index (κ3) is 5.53. The molecule has 33 heavy (non-hydrogen) atoms. The molecule has 0 spiro atoms. The Morgan fingerprint density at radius 1 is 1.00 bits per heavy atom. The Kier molecular flexibility index (Phi) is 6.96. The second-order valence-electron chi connectivity index (χ2n) is 8.75. The van der Waals surface area contributed by atoms with E-state index in [-0.39, 0.29) is 36.0 Å². The molecule has 0 radical (unpaired) electrons. The topological polar surface area (TPSA) is 84.9 Å². The minimum Gasteiger partial charge on any atom is -0.486 e. The van der Waals surface area contributed by atoms with Gasteiger partial charge in [-0.15, -0.1) is 0 Å². The highest BCUT2D eigenvalue weighted by Gasteiger charge is 2.30. The summed E-state index contributed by atoms with van der Waals surface area (Å²) in [6, 6.07) is 12.8. The van der Waals surface area contributed by atoms with Crippen molar-refractivity contribution in [3.63, 3.8) is 0 Å². The highest BCUT2D eigenvalue weighted by Crippen LogP contribution is 2.33. The lowest BCUT2D eigenvalue weighted by atomic mass is 9.88. The summed E-state index contributed by atoms with van der Waals surface area (Å²) in [4.78, 5) is 39.5. The molecule has 4 rings (SSSR count). The van der Waals surface area contributed by atoms with Gasteiger partial charge in [0.2, 0.25) is 11.8 Å². The zero-order valence-electron chi connectivity index (χ0n) is 19.1. The molecular formula is C26H30N2O5. The van der Waals surface area contributed by atoms with E-state index in [1.165, 1.54) is 6.92 Å². The van der Waals surface area contributed by atoms with Crippen molar-refractivity contribution in [1.82, 2.24) is 10.2 Å². The summed E-state index contributed by atoms with van der Waals surface area (Å²) in [5.74, 6) is 1.05.